The first kappa shape index (κ1) is 20.4. The van der Waals surface area contributed by atoms with E-state index in [2.05, 4.69) is 41.2 Å². The van der Waals surface area contributed by atoms with E-state index in [0.29, 0.717) is 22.0 Å². The molecule has 0 radical (unpaired) electrons. The van der Waals surface area contributed by atoms with Gasteiger partial charge in [0.25, 0.3) is 5.91 Å². The third-order valence-corrected chi connectivity index (χ3v) is 6.33. The second kappa shape index (κ2) is 8.11. The summed E-state index contributed by atoms with van der Waals surface area (Å²) in [6, 6.07) is 6.01. The number of alkyl halides is 2. The summed E-state index contributed by atoms with van der Waals surface area (Å²) in [5.41, 5.74) is 2.61. The van der Waals surface area contributed by atoms with Crippen LogP contribution >= 0.6 is 27.3 Å². The van der Waals surface area contributed by atoms with E-state index in [1.54, 1.807) is 27.7 Å². The van der Waals surface area contributed by atoms with E-state index in [4.69, 9.17) is 0 Å². The van der Waals surface area contributed by atoms with Crippen LogP contribution in [0.4, 0.5) is 13.9 Å². The van der Waals surface area contributed by atoms with Crippen LogP contribution in [0.3, 0.4) is 0 Å². The quantitative estimate of drug-likeness (QED) is 0.426. The van der Waals surface area contributed by atoms with E-state index >= 15 is 0 Å². The molecule has 0 bridgehead atoms. The number of rotatable bonds is 6. The molecule has 0 saturated carbocycles. The summed E-state index contributed by atoms with van der Waals surface area (Å²) in [5.74, 6) is -0.389. The average molecular weight is 497 g/mol. The number of thiazole rings is 1. The van der Waals surface area contributed by atoms with E-state index in [1.807, 2.05) is 13.8 Å². The highest BCUT2D eigenvalue weighted by atomic mass is 79.9. The zero-order valence-corrected chi connectivity index (χ0v) is 18.2. The fourth-order valence-corrected chi connectivity index (χ4v) is 3.98. The van der Waals surface area contributed by atoms with Crippen molar-refractivity contribution < 1.29 is 18.3 Å². The summed E-state index contributed by atoms with van der Waals surface area (Å²) in [6.45, 7) is 1.29. The van der Waals surface area contributed by atoms with Gasteiger partial charge in [-0.1, -0.05) is 11.3 Å². The van der Waals surface area contributed by atoms with Crippen LogP contribution < -0.4 is 10.1 Å². The van der Waals surface area contributed by atoms with Crippen molar-refractivity contribution in [2.24, 2.45) is 0 Å². The number of halogens is 3. The highest BCUT2D eigenvalue weighted by Gasteiger charge is 2.15. The topological polar surface area (TPSA) is 86.9 Å². The molecule has 0 aliphatic heterocycles. The van der Waals surface area contributed by atoms with Gasteiger partial charge >= 0.3 is 6.61 Å². The first-order valence-electron chi connectivity index (χ1n) is 8.70. The Hall–Kier alpha value is -2.86. The fraction of sp³-hybridized carbons (Fsp3) is 0.222. The standard InChI is InChI=1S/C18H15BrF2N6O2S/c1-9-15(19)10(2)27(24-9)8-26-6-5-13(25-26)16(28)23-18-22-12-4-3-11(29-17(20)21)7-14(12)30-18/h3-7,17H,8H2,1-2H3,(H,22,23,28). The number of anilines is 1. The summed E-state index contributed by atoms with van der Waals surface area (Å²) in [4.78, 5) is 16.8. The summed E-state index contributed by atoms with van der Waals surface area (Å²) < 4.78 is 34.0. The van der Waals surface area contributed by atoms with Crippen molar-refractivity contribution in [2.75, 3.05) is 5.32 Å². The fourth-order valence-electron chi connectivity index (χ4n) is 2.81. The van der Waals surface area contributed by atoms with Crippen LogP contribution in [0, 0.1) is 13.8 Å². The number of benzene rings is 1. The number of nitrogens with zero attached hydrogens (tertiary/aromatic N) is 5. The maximum atomic E-state index is 12.5. The summed E-state index contributed by atoms with van der Waals surface area (Å²) >= 11 is 4.64. The molecule has 0 unspecified atom stereocenters. The smallest absolute Gasteiger partial charge is 0.387 e. The normalized spacial score (nSPS) is 11.4. The molecule has 8 nitrogen and oxygen atoms in total. The van der Waals surface area contributed by atoms with Gasteiger partial charge in [-0.2, -0.15) is 19.0 Å². The maximum absolute atomic E-state index is 12.5. The molecule has 4 rings (SSSR count). The molecule has 0 aliphatic carbocycles. The molecule has 30 heavy (non-hydrogen) atoms. The predicted molar refractivity (Wildman–Crippen MR) is 111 cm³/mol. The average Bonchev–Trinajstić information content (AvgIpc) is 3.36. The van der Waals surface area contributed by atoms with Crippen molar-refractivity contribution in [3.8, 4) is 5.75 Å². The lowest BCUT2D eigenvalue weighted by Gasteiger charge is -2.04. The number of carbonyl (C=O) groups excluding carboxylic acids is 1. The van der Waals surface area contributed by atoms with E-state index in [1.165, 1.54) is 12.1 Å². The minimum Gasteiger partial charge on any atom is -0.435 e. The van der Waals surface area contributed by atoms with Gasteiger partial charge in [-0.25, -0.2) is 9.67 Å². The van der Waals surface area contributed by atoms with Gasteiger partial charge in [0.15, 0.2) is 10.8 Å². The number of amides is 1. The molecule has 1 amide bonds. The molecule has 0 spiro atoms. The molecule has 0 saturated heterocycles. The number of ether oxygens (including phenoxy) is 1. The molecular formula is C18H15BrF2N6O2S. The molecule has 0 fully saturated rings. The van der Waals surface area contributed by atoms with Crippen molar-refractivity contribution in [2.45, 2.75) is 27.1 Å². The Morgan fingerprint density at radius 3 is 2.80 bits per heavy atom. The number of hydrogen-bond donors (Lipinski definition) is 1. The number of nitrogens with one attached hydrogen (secondary N) is 1. The van der Waals surface area contributed by atoms with Crippen LogP contribution in [0.25, 0.3) is 10.2 Å². The van der Waals surface area contributed by atoms with Crippen molar-refractivity contribution >= 4 is 48.5 Å². The number of hydrogen-bond acceptors (Lipinski definition) is 6. The summed E-state index contributed by atoms with van der Waals surface area (Å²) in [7, 11) is 0. The van der Waals surface area contributed by atoms with Crippen LogP contribution in [-0.4, -0.2) is 37.1 Å². The van der Waals surface area contributed by atoms with E-state index in [9.17, 15) is 13.6 Å². The highest BCUT2D eigenvalue weighted by Crippen LogP contribution is 2.30. The van der Waals surface area contributed by atoms with Crippen LogP contribution in [-0.2, 0) is 6.67 Å². The minimum atomic E-state index is -2.90. The lowest BCUT2D eigenvalue weighted by molar-refractivity contribution is -0.0497. The second-order valence-corrected chi connectivity index (χ2v) is 8.17. The molecule has 1 aromatic carbocycles. The molecule has 156 valence electrons. The van der Waals surface area contributed by atoms with E-state index in [-0.39, 0.29) is 11.4 Å². The first-order chi connectivity index (χ1) is 14.3. The highest BCUT2D eigenvalue weighted by molar-refractivity contribution is 9.10. The largest absolute Gasteiger partial charge is 0.435 e. The third-order valence-electron chi connectivity index (χ3n) is 4.25. The Morgan fingerprint density at radius 1 is 1.30 bits per heavy atom. The molecule has 3 heterocycles. The van der Waals surface area contributed by atoms with Crippen molar-refractivity contribution in [1.82, 2.24) is 24.5 Å². The van der Waals surface area contributed by atoms with Gasteiger partial charge in [-0.05, 0) is 54.0 Å². The molecule has 1 N–H and O–H groups in total. The van der Waals surface area contributed by atoms with Crippen LogP contribution in [0.5, 0.6) is 5.75 Å². The summed E-state index contributed by atoms with van der Waals surface area (Å²) in [5, 5.41) is 11.7. The van der Waals surface area contributed by atoms with Gasteiger partial charge in [0.1, 0.15) is 12.4 Å². The molecule has 3 aromatic heterocycles. The Kier molecular flexibility index (Phi) is 5.52. The van der Waals surface area contributed by atoms with Gasteiger partial charge in [-0.15, -0.1) is 0 Å². The summed E-state index contributed by atoms with van der Waals surface area (Å²) in [6.07, 6.45) is 1.69. The molecule has 0 atom stereocenters. The number of carbonyl (C=O) groups is 1. The lowest BCUT2D eigenvalue weighted by Crippen LogP contribution is -2.15. The zero-order valence-electron chi connectivity index (χ0n) is 15.8. The van der Waals surface area contributed by atoms with E-state index < -0.39 is 12.5 Å². The molecule has 4 aromatic rings. The molecule has 12 heteroatoms. The first-order valence-corrected chi connectivity index (χ1v) is 10.3. The Labute approximate surface area is 181 Å². The van der Waals surface area contributed by atoms with Crippen molar-refractivity contribution in [3.63, 3.8) is 0 Å². The van der Waals surface area contributed by atoms with Crippen molar-refractivity contribution in [1.29, 1.82) is 0 Å². The van der Waals surface area contributed by atoms with Crippen molar-refractivity contribution in [3.05, 3.63) is 52.0 Å². The molecular weight excluding hydrogens is 482 g/mol. The molecule has 0 aliphatic rings. The maximum Gasteiger partial charge on any atom is 0.387 e. The van der Waals surface area contributed by atoms with Gasteiger partial charge in [0.05, 0.1) is 26.1 Å². The van der Waals surface area contributed by atoms with Gasteiger partial charge in [0, 0.05) is 6.20 Å². The third kappa shape index (κ3) is 4.19. The SMILES string of the molecule is Cc1nn(Cn2ccc(C(=O)Nc3nc4ccc(OC(F)F)cc4s3)n2)c(C)c1Br. The van der Waals surface area contributed by atoms with Crippen LogP contribution in [0.15, 0.2) is 34.9 Å². The zero-order chi connectivity index (χ0) is 21.4. The second-order valence-electron chi connectivity index (χ2n) is 6.35. The van der Waals surface area contributed by atoms with Gasteiger partial charge in [0.2, 0.25) is 0 Å². The van der Waals surface area contributed by atoms with Crippen LogP contribution in [0.1, 0.15) is 21.9 Å². The Bertz CT molecular complexity index is 1230. The van der Waals surface area contributed by atoms with Gasteiger partial charge < -0.3 is 4.74 Å². The van der Waals surface area contributed by atoms with Gasteiger partial charge in [-0.3, -0.25) is 14.8 Å². The Balaban J connectivity index is 1.47. The monoisotopic (exact) mass is 496 g/mol. The predicted octanol–water partition coefficient (Wildman–Crippen LogP) is 4.43. The number of fused-ring (bicyclic) bond motifs is 1. The van der Waals surface area contributed by atoms with E-state index in [0.717, 1.165) is 27.2 Å². The minimum absolute atomic E-state index is 0.0357. The number of aromatic nitrogens is 5. The lowest BCUT2D eigenvalue weighted by atomic mass is 10.3. The van der Waals surface area contributed by atoms with Crippen LogP contribution in [0.2, 0.25) is 0 Å². The Morgan fingerprint density at radius 2 is 2.10 bits per heavy atom. The number of aryl methyl sites for hydroxylation is 1.